The highest BCUT2D eigenvalue weighted by atomic mass is 32.2. The van der Waals surface area contributed by atoms with E-state index in [0.29, 0.717) is 17.2 Å². The monoisotopic (exact) mass is 221 g/mol. The fraction of sp³-hybridized carbons (Fsp3) is 0.538. The van der Waals surface area contributed by atoms with E-state index in [4.69, 9.17) is 0 Å². The fourth-order valence-corrected chi connectivity index (χ4v) is 4.00. The van der Waals surface area contributed by atoms with Crippen molar-refractivity contribution in [3.05, 3.63) is 29.8 Å². The predicted octanol–water partition coefficient (Wildman–Crippen LogP) is 2.95. The summed E-state index contributed by atoms with van der Waals surface area (Å²) in [4.78, 5) is 1.48. The van der Waals surface area contributed by atoms with Crippen LogP contribution in [0.2, 0.25) is 0 Å². The second-order valence-electron chi connectivity index (χ2n) is 4.53. The summed E-state index contributed by atoms with van der Waals surface area (Å²) in [7, 11) is 2.08. The molecule has 2 unspecified atom stereocenters. The molecule has 0 saturated heterocycles. The average Bonchev–Trinajstić information content (AvgIpc) is 2.61. The van der Waals surface area contributed by atoms with Gasteiger partial charge in [0, 0.05) is 16.2 Å². The molecular formula is C13H19NS. The maximum absolute atomic E-state index is 3.46. The SMILES string of the molecule is CNC(C(C)C)C1Cc2ccccc2S1. The molecule has 2 rings (SSSR count). The van der Waals surface area contributed by atoms with Crippen LogP contribution in [0.1, 0.15) is 19.4 Å². The standard InChI is InChI=1S/C13H19NS/c1-9(2)13(14-3)12-8-10-6-4-5-7-11(10)15-12/h4-7,9,12-14H,8H2,1-3H3. The lowest BCUT2D eigenvalue weighted by Gasteiger charge is -2.25. The van der Waals surface area contributed by atoms with E-state index >= 15 is 0 Å². The molecule has 15 heavy (non-hydrogen) atoms. The summed E-state index contributed by atoms with van der Waals surface area (Å²) in [6.45, 7) is 4.59. The zero-order chi connectivity index (χ0) is 10.8. The van der Waals surface area contributed by atoms with E-state index in [-0.39, 0.29) is 0 Å². The summed E-state index contributed by atoms with van der Waals surface area (Å²) in [5.74, 6) is 0.696. The van der Waals surface area contributed by atoms with Crippen LogP contribution in [0.5, 0.6) is 0 Å². The maximum Gasteiger partial charge on any atom is 0.0291 e. The molecule has 1 heterocycles. The normalized spacial score (nSPS) is 21.7. The first-order valence-electron chi connectivity index (χ1n) is 5.64. The van der Waals surface area contributed by atoms with E-state index in [1.807, 2.05) is 11.8 Å². The third-order valence-corrected chi connectivity index (χ3v) is 4.54. The lowest BCUT2D eigenvalue weighted by Crippen LogP contribution is -2.39. The maximum atomic E-state index is 3.46. The quantitative estimate of drug-likeness (QED) is 0.842. The van der Waals surface area contributed by atoms with Gasteiger partial charge in [-0.25, -0.2) is 0 Å². The minimum absolute atomic E-state index is 0.613. The van der Waals surface area contributed by atoms with E-state index in [0.717, 1.165) is 0 Å². The summed E-state index contributed by atoms with van der Waals surface area (Å²) in [6.07, 6.45) is 1.21. The van der Waals surface area contributed by atoms with Gasteiger partial charge >= 0.3 is 0 Å². The molecule has 1 aromatic rings. The highest BCUT2D eigenvalue weighted by molar-refractivity contribution is 8.00. The zero-order valence-corrected chi connectivity index (χ0v) is 10.5. The van der Waals surface area contributed by atoms with Crippen LogP contribution in [-0.4, -0.2) is 18.3 Å². The first-order valence-corrected chi connectivity index (χ1v) is 6.52. The molecule has 1 N–H and O–H groups in total. The largest absolute Gasteiger partial charge is 0.316 e. The van der Waals surface area contributed by atoms with Crippen molar-refractivity contribution in [2.75, 3.05) is 7.05 Å². The molecule has 0 aromatic heterocycles. The van der Waals surface area contributed by atoms with Gasteiger partial charge in [-0.2, -0.15) is 0 Å². The number of hydrogen-bond acceptors (Lipinski definition) is 2. The van der Waals surface area contributed by atoms with Crippen molar-refractivity contribution < 1.29 is 0 Å². The number of benzene rings is 1. The molecule has 0 radical (unpaired) electrons. The molecule has 1 aromatic carbocycles. The van der Waals surface area contributed by atoms with Gasteiger partial charge in [0.15, 0.2) is 0 Å². The Kier molecular flexibility index (Phi) is 3.37. The molecule has 0 amide bonds. The molecular weight excluding hydrogens is 202 g/mol. The molecule has 0 aliphatic carbocycles. The van der Waals surface area contributed by atoms with E-state index in [1.165, 1.54) is 16.9 Å². The summed E-state index contributed by atoms with van der Waals surface area (Å²) in [5.41, 5.74) is 1.52. The van der Waals surface area contributed by atoms with Crippen molar-refractivity contribution in [3.63, 3.8) is 0 Å². The minimum atomic E-state index is 0.613. The van der Waals surface area contributed by atoms with Gasteiger partial charge in [-0.1, -0.05) is 32.0 Å². The molecule has 1 nitrogen and oxygen atoms in total. The van der Waals surface area contributed by atoms with Crippen LogP contribution in [0.3, 0.4) is 0 Å². The van der Waals surface area contributed by atoms with Crippen LogP contribution in [0, 0.1) is 5.92 Å². The Bertz CT molecular complexity index is 310. The molecule has 82 valence electrons. The molecule has 0 fully saturated rings. The van der Waals surface area contributed by atoms with E-state index < -0.39 is 0 Å². The third kappa shape index (κ3) is 2.21. The van der Waals surface area contributed by atoms with Gasteiger partial charge in [-0.05, 0) is 31.0 Å². The van der Waals surface area contributed by atoms with Crippen LogP contribution < -0.4 is 5.32 Å². The highest BCUT2D eigenvalue weighted by Crippen LogP contribution is 2.39. The number of fused-ring (bicyclic) bond motifs is 1. The number of hydrogen-bond donors (Lipinski definition) is 1. The lowest BCUT2D eigenvalue weighted by molar-refractivity contribution is 0.414. The van der Waals surface area contributed by atoms with Crippen molar-refractivity contribution in [2.24, 2.45) is 5.92 Å². The molecule has 2 atom stereocenters. The van der Waals surface area contributed by atoms with Gasteiger partial charge in [0.1, 0.15) is 0 Å². The van der Waals surface area contributed by atoms with Crippen LogP contribution in [0.15, 0.2) is 29.2 Å². The Labute approximate surface area is 96.7 Å². The lowest BCUT2D eigenvalue weighted by atomic mass is 9.97. The fourth-order valence-electron chi connectivity index (χ4n) is 2.36. The van der Waals surface area contributed by atoms with Gasteiger partial charge in [-0.3, -0.25) is 0 Å². The topological polar surface area (TPSA) is 12.0 Å². The Morgan fingerprint density at radius 3 is 2.67 bits per heavy atom. The molecule has 2 heteroatoms. The van der Waals surface area contributed by atoms with Gasteiger partial charge in [-0.15, -0.1) is 11.8 Å². The molecule has 1 aliphatic rings. The summed E-state index contributed by atoms with van der Waals surface area (Å²) in [5, 5.41) is 4.16. The van der Waals surface area contributed by atoms with Crippen LogP contribution in [-0.2, 0) is 6.42 Å². The smallest absolute Gasteiger partial charge is 0.0291 e. The summed E-state index contributed by atoms with van der Waals surface area (Å²) < 4.78 is 0. The Morgan fingerprint density at radius 2 is 2.07 bits per heavy atom. The van der Waals surface area contributed by atoms with E-state index in [1.54, 1.807) is 0 Å². The highest BCUT2D eigenvalue weighted by Gasteiger charge is 2.29. The van der Waals surface area contributed by atoms with Crippen molar-refractivity contribution in [1.82, 2.24) is 5.32 Å². The zero-order valence-electron chi connectivity index (χ0n) is 9.66. The second kappa shape index (κ2) is 4.58. The Morgan fingerprint density at radius 1 is 1.33 bits per heavy atom. The Balaban J connectivity index is 2.12. The van der Waals surface area contributed by atoms with E-state index in [2.05, 4.69) is 50.5 Å². The first kappa shape index (κ1) is 11.0. The van der Waals surface area contributed by atoms with Gasteiger partial charge in [0.2, 0.25) is 0 Å². The van der Waals surface area contributed by atoms with Gasteiger partial charge < -0.3 is 5.32 Å². The van der Waals surface area contributed by atoms with Crippen molar-refractivity contribution in [1.29, 1.82) is 0 Å². The van der Waals surface area contributed by atoms with Crippen molar-refractivity contribution in [3.8, 4) is 0 Å². The third-order valence-electron chi connectivity index (χ3n) is 3.12. The average molecular weight is 221 g/mol. The van der Waals surface area contributed by atoms with Crippen LogP contribution in [0.4, 0.5) is 0 Å². The number of nitrogens with one attached hydrogen (secondary N) is 1. The van der Waals surface area contributed by atoms with Crippen molar-refractivity contribution in [2.45, 2.75) is 36.5 Å². The molecule has 0 bridgehead atoms. The molecule has 0 spiro atoms. The second-order valence-corrected chi connectivity index (χ2v) is 5.81. The number of thioether (sulfide) groups is 1. The molecule has 1 aliphatic heterocycles. The van der Waals surface area contributed by atoms with Crippen LogP contribution in [0.25, 0.3) is 0 Å². The van der Waals surface area contributed by atoms with E-state index in [9.17, 15) is 0 Å². The summed E-state index contributed by atoms with van der Waals surface area (Å²) >= 11 is 2.03. The van der Waals surface area contributed by atoms with Crippen molar-refractivity contribution >= 4 is 11.8 Å². The summed E-state index contributed by atoms with van der Waals surface area (Å²) in [6, 6.07) is 9.40. The number of rotatable bonds is 3. The predicted molar refractivity (Wildman–Crippen MR) is 67.5 cm³/mol. The first-order chi connectivity index (χ1) is 7.22. The van der Waals surface area contributed by atoms with Crippen LogP contribution >= 0.6 is 11.8 Å². The molecule has 0 saturated carbocycles. The van der Waals surface area contributed by atoms with Gasteiger partial charge in [0.05, 0.1) is 0 Å². The Hall–Kier alpha value is -0.470. The minimum Gasteiger partial charge on any atom is -0.316 e. The van der Waals surface area contributed by atoms with Gasteiger partial charge in [0.25, 0.3) is 0 Å².